The van der Waals surface area contributed by atoms with E-state index < -0.39 is 13.5 Å². The lowest BCUT2D eigenvalue weighted by Gasteiger charge is -2.24. The van der Waals surface area contributed by atoms with Crippen LogP contribution in [-0.4, -0.2) is 53.4 Å². The minimum absolute atomic E-state index is 0.0622. The third-order valence-electron chi connectivity index (χ3n) is 2.87. The standard InChI is InChI=1S/C14H31O5P/c1-12(8-14(2,3)4)11-20(17,18)7-5-6-19-10-13(16)9-15/h12-13,15-16H,5-11H2,1-4H3,(H,17,18). The average Bonchev–Trinajstić information content (AvgIpc) is 2.24. The smallest absolute Gasteiger partial charge is 0.201 e. The van der Waals surface area contributed by atoms with Crippen LogP contribution in [0.2, 0.25) is 0 Å². The zero-order valence-corrected chi connectivity index (χ0v) is 14.1. The summed E-state index contributed by atoms with van der Waals surface area (Å²) in [6, 6.07) is 0. The van der Waals surface area contributed by atoms with Crippen molar-refractivity contribution in [2.24, 2.45) is 11.3 Å². The summed E-state index contributed by atoms with van der Waals surface area (Å²) in [6.07, 6.45) is 1.15. The second kappa shape index (κ2) is 9.16. The van der Waals surface area contributed by atoms with Crippen molar-refractivity contribution in [1.82, 2.24) is 0 Å². The molecule has 0 aromatic rings. The van der Waals surface area contributed by atoms with Crippen molar-refractivity contribution in [3.8, 4) is 0 Å². The molecule has 0 radical (unpaired) electrons. The van der Waals surface area contributed by atoms with Crippen molar-refractivity contribution in [1.29, 1.82) is 0 Å². The second-order valence-electron chi connectivity index (χ2n) is 6.89. The van der Waals surface area contributed by atoms with Crippen molar-refractivity contribution in [3.05, 3.63) is 0 Å². The highest BCUT2D eigenvalue weighted by atomic mass is 31.2. The topological polar surface area (TPSA) is 87.0 Å². The highest BCUT2D eigenvalue weighted by Gasteiger charge is 2.24. The molecule has 0 aromatic carbocycles. The Morgan fingerprint density at radius 3 is 2.40 bits per heavy atom. The van der Waals surface area contributed by atoms with Gasteiger partial charge in [0, 0.05) is 18.9 Å². The van der Waals surface area contributed by atoms with Crippen LogP contribution in [0.15, 0.2) is 0 Å². The van der Waals surface area contributed by atoms with Gasteiger partial charge in [0.25, 0.3) is 0 Å². The van der Waals surface area contributed by atoms with Crippen LogP contribution >= 0.6 is 7.37 Å². The van der Waals surface area contributed by atoms with Crippen LogP contribution in [0, 0.1) is 11.3 Å². The van der Waals surface area contributed by atoms with Gasteiger partial charge in [0.15, 0.2) is 0 Å². The number of hydrogen-bond acceptors (Lipinski definition) is 4. The minimum atomic E-state index is -3.10. The average molecular weight is 310 g/mol. The molecule has 5 nitrogen and oxygen atoms in total. The molecule has 20 heavy (non-hydrogen) atoms. The molecule has 0 aliphatic rings. The Balaban J connectivity index is 3.87. The molecule has 0 bridgehead atoms. The van der Waals surface area contributed by atoms with Crippen molar-refractivity contribution < 1.29 is 24.4 Å². The van der Waals surface area contributed by atoms with E-state index in [-0.39, 0.29) is 30.7 Å². The van der Waals surface area contributed by atoms with Crippen LogP contribution in [-0.2, 0) is 9.30 Å². The van der Waals surface area contributed by atoms with Gasteiger partial charge in [-0.25, -0.2) is 0 Å². The number of rotatable bonds is 10. The van der Waals surface area contributed by atoms with Gasteiger partial charge >= 0.3 is 0 Å². The maximum absolute atomic E-state index is 12.1. The fourth-order valence-corrected chi connectivity index (χ4v) is 4.28. The summed E-state index contributed by atoms with van der Waals surface area (Å²) in [5.41, 5.74) is 0.170. The molecule has 0 spiro atoms. The second-order valence-corrected chi connectivity index (χ2v) is 9.39. The fourth-order valence-electron chi connectivity index (χ4n) is 2.37. The molecule has 0 amide bonds. The number of hydrogen-bond donors (Lipinski definition) is 3. The molecule has 0 aliphatic carbocycles. The van der Waals surface area contributed by atoms with Crippen LogP contribution in [0.3, 0.4) is 0 Å². The van der Waals surface area contributed by atoms with Crippen molar-refractivity contribution in [2.75, 3.05) is 32.1 Å². The van der Waals surface area contributed by atoms with E-state index in [1.54, 1.807) is 0 Å². The van der Waals surface area contributed by atoms with E-state index in [1.807, 2.05) is 6.92 Å². The predicted molar refractivity (Wildman–Crippen MR) is 81.3 cm³/mol. The molecule has 0 saturated heterocycles. The summed E-state index contributed by atoms with van der Waals surface area (Å²) in [7, 11) is -3.10. The summed E-state index contributed by atoms with van der Waals surface area (Å²) in [6.45, 7) is 8.47. The van der Waals surface area contributed by atoms with Crippen LogP contribution in [0.1, 0.15) is 40.5 Å². The summed E-state index contributed by atoms with van der Waals surface area (Å²) < 4.78 is 17.2. The number of aliphatic hydroxyl groups excluding tert-OH is 2. The van der Waals surface area contributed by atoms with Gasteiger partial charge in [-0.3, -0.25) is 4.57 Å². The molecule has 0 heterocycles. The Labute approximate surface area is 122 Å². The first-order valence-electron chi connectivity index (χ1n) is 7.23. The maximum atomic E-state index is 12.1. The minimum Gasteiger partial charge on any atom is -0.394 e. The van der Waals surface area contributed by atoms with E-state index in [2.05, 4.69) is 20.8 Å². The molecule has 0 aromatic heterocycles. The molecule has 3 unspecified atom stereocenters. The van der Waals surface area contributed by atoms with E-state index in [9.17, 15) is 9.46 Å². The molecule has 122 valence electrons. The van der Waals surface area contributed by atoms with E-state index >= 15 is 0 Å². The van der Waals surface area contributed by atoms with Crippen LogP contribution in [0.25, 0.3) is 0 Å². The Morgan fingerprint density at radius 1 is 1.30 bits per heavy atom. The normalized spacial score (nSPS) is 18.6. The van der Waals surface area contributed by atoms with Crippen LogP contribution in [0.5, 0.6) is 0 Å². The third kappa shape index (κ3) is 11.9. The molecular weight excluding hydrogens is 279 g/mol. The van der Waals surface area contributed by atoms with E-state index in [1.165, 1.54) is 0 Å². The van der Waals surface area contributed by atoms with Crippen molar-refractivity contribution in [3.63, 3.8) is 0 Å². The van der Waals surface area contributed by atoms with Gasteiger partial charge in [0.1, 0.15) is 6.10 Å². The first-order valence-corrected chi connectivity index (χ1v) is 9.26. The van der Waals surface area contributed by atoms with E-state index in [0.29, 0.717) is 19.2 Å². The lowest BCUT2D eigenvalue weighted by molar-refractivity contribution is 0.00658. The Hall–Kier alpha value is 0.0700. The van der Waals surface area contributed by atoms with Crippen molar-refractivity contribution in [2.45, 2.75) is 46.6 Å². The van der Waals surface area contributed by atoms with Gasteiger partial charge in [0.2, 0.25) is 7.37 Å². The lowest BCUT2D eigenvalue weighted by atomic mass is 9.86. The highest BCUT2D eigenvalue weighted by molar-refractivity contribution is 7.57. The van der Waals surface area contributed by atoms with Crippen LogP contribution < -0.4 is 0 Å². The fraction of sp³-hybridized carbons (Fsp3) is 1.00. The van der Waals surface area contributed by atoms with Gasteiger partial charge in [-0.1, -0.05) is 27.7 Å². The Morgan fingerprint density at radius 2 is 1.90 bits per heavy atom. The molecule has 3 atom stereocenters. The molecule has 6 heteroatoms. The zero-order valence-electron chi connectivity index (χ0n) is 13.2. The lowest BCUT2D eigenvalue weighted by Crippen LogP contribution is -2.20. The summed E-state index contributed by atoms with van der Waals surface area (Å²) in [5, 5.41) is 17.7. The zero-order chi connectivity index (χ0) is 15.8. The highest BCUT2D eigenvalue weighted by Crippen LogP contribution is 2.44. The number of aliphatic hydroxyl groups is 2. The number of ether oxygens (including phenoxy) is 1. The largest absolute Gasteiger partial charge is 0.394 e. The summed E-state index contributed by atoms with van der Waals surface area (Å²) in [5.74, 6) is 0.225. The quantitative estimate of drug-likeness (QED) is 0.425. The van der Waals surface area contributed by atoms with E-state index in [4.69, 9.17) is 14.9 Å². The van der Waals surface area contributed by atoms with Gasteiger partial charge < -0.3 is 19.8 Å². The van der Waals surface area contributed by atoms with Gasteiger partial charge in [0.05, 0.1) is 13.2 Å². The van der Waals surface area contributed by atoms with E-state index in [0.717, 1.165) is 6.42 Å². The summed E-state index contributed by atoms with van der Waals surface area (Å²) >= 11 is 0. The molecular formula is C14H31O5P. The van der Waals surface area contributed by atoms with Crippen LogP contribution in [0.4, 0.5) is 0 Å². The first-order chi connectivity index (χ1) is 9.06. The summed E-state index contributed by atoms with van der Waals surface area (Å²) in [4.78, 5) is 9.95. The van der Waals surface area contributed by atoms with Gasteiger partial charge in [-0.2, -0.15) is 0 Å². The Bertz CT molecular complexity index is 300. The van der Waals surface area contributed by atoms with Gasteiger partial charge in [-0.05, 0) is 24.2 Å². The molecule has 0 fully saturated rings. The van der Waals surface area contributed by atoms with Crippen molar-refractivity contribution >= 4 is 7.37 Å². The molecule has 0 saturated carbocycles. The van der Waals surface area contributed by atoms with Gasteiger partial charge in [-0.15, -0.1) is 0 Å². The molecule has 0 rings (SSSR count). The Kier molecular flexibility index (Phi) is 9.19. The molecule has 0 aliphatic heterocycles. The SMILES string of the molecule is CC(CC(C)(C)C)CP(=O)(O)CCCOCC(O)CO. The third-order valence-corrected chi connectivity index (χ3v) is 5.08. The monoisotopic (exact) mass is 310 g/mol. The molecule has 3 N–H and O–H groups in total. The predicted octanol–water partition coefficient (Wildman–Crippen LogP) is 2.09. The first kappa shape index (κ1) is 20.1. The maximum Gasteiger partial charge on any atom is 0.201 e.